The number of rotatable bonds is 1. The lowest BCUT2D eigenvalue weighted by Crippen LogP contribution is -1.86. The molecule has 0 amide bonds. The maximum atomic E-state index is 4.49. The van der Waals surface area contributed by atoms with Crippen LogP contribution < -0.4 is 0 Å². The Bertz CT molecular complexity index is 929. The zero-order chi connectivity index (χ0) is 22.1. The molecule has 0 spiro atoms. The molecule has 0 aliphatic heterocycles. The minimum atomic E-state index is 1.00. The van der Waals surface area contributed by atoms with Crippen molar-refractivity contribution >= 4 is 21.7 Å². The first kappa shape index (κ1) is 26.3. The largest absolute Gasteiger partial charge is 0.261 e. The van der Waals surface area contributed by atoms with Gasteiger partial charge in [0.15, 0.2) is 0 Å². The van der Waals surface area contributed by atoms with Crippen LogP contribution in [0.4, 0.5) is 0 Å². The fourth-order valence-electron chi connectivity index (χ4n) is 2.50. The number of aryl methyl sites for hydroxylation is 2. The summed E-state index contributed by atoms with van der Waals surface area (Å²) >= 11 is 0. The summed E-state index contributed by atoms with van der Waals surface area (Å²) in [5.41, 5.74) is 3.33. The van der Waals surface area contributed by atoms with Gasteiger partial charge in [-0.2, -0.15) is 0 Å². The van der Waals surface area contributed by atoms with Crippen molar-refractivity contribution in [2.24, 2.45) is 0 Å². The number of pyridine rings is 2. The summed E-state index contributed by atoms with van der Waals surface area (Å²) in [6.07, 6.45) is 2.91. The zero-order valence-corrected chi connectivity index (χ0v) is 19.5. The number of hydrogen-bond donors (Lipinski definition) is 0. The van der Waals surface area contributed by atoms with Crippen LogP contribution >= 0.6 is 0 Å². The fraction of sp³-hybridized carbons (Fsp3) is 0.333. The average Bonchev–Trinajstić information content (AvgIpc) is 2.83. The number of benzene rings is 2. The van der Waals surface area contributed by atoms with Crippen LogP contribution in [0, 0.1) is 6.92 Å². The Hall–Kier alpha value is -2.74. The van der Waals surface area contributed by atoms with E-state index in [0.717, 1.165) is 23.3 Å². The molecule has 0 saturated carbocycles. The van der Waals surface area contributed by atoms with Crippen molar-refractivity contribution in [3.05, 3.63) is 84.3 Å². The van der Waals surface area contributed by atoms with Crippen LogP contribution in [0.5, 0.6) is 0 Å². The molecular formula is C27H38N2. The number of hydrogen-bond acceptors (Lipinski definition) is 2. The standard InChI is InChI=1S/C11H11N.C10H9N.3C2H6/c1-2-10-8-7-9-5-3-4-6-11(9)12-10;1-8-6-9-4-2-3-5-10(9)7-11-8;3*1-2/h3-8H,2H2,1H3;2-7H,1H3;3*1-2H3. The van der Waals surface area contributed by atoms with Gasteiger partial charge in [-0.3, -0.25) is 9.97 Å². The molecule has 0 N–H and O–H groups in total. The zero-order valence-electron chi connectivity index (χ0n) is 19.5. The van der Waals surface area contributed by atoms with Crippen LogP contribution in [0.2, 0.25) is 0 Å². The van der Waals surface area contributed by atoms with Crippen LogP contribution in [-0.4, -0.2) is 9.97 Å². The van der Waals surface area contributed by atoms with Crippen LogP contribution in [0.15, 0.2) is 72.9 Å². The van der Waals surface area contributed by atoms with Gasteiger partial charge in [0, 0.05) is 28.4 Å². The molecule has 2 heteroatoms. The van der Waals surface area contributed by atoms with Gasteiger partial charge in [-0.15, -0.1) is 0 Å². The summed E-state index contributed by atoms with van der Waals surface area (Å²) in [7, 11) is 0. The van der Waals surface area contributed by atoms with Crippen LogP contribution in [0.3, 0.4) is 0 Å². The third-order valence-corrected chi connectivity index (χ3v) is 3.79. The van der Waals surface area contributed by atoms with E-state index in [0.29, 0.717) is 0 Å². The number of aromatic nitrogens is 2. The molecule has 0 aliphatic carbocycles. The Balaban J connectivity index is 0.000000432. The van der Waals surface area contributed by atoms with Crippen molar-refractivity contribution in [1.82, 2.24) is 9.97 Å². The van der Waals surface area contributed by atoms with E-state index >= 15 is 0 Å². The lowest BCUT2D eigenvalue weighted by molar-refractivity contribution is 1.06. The smallest absolute Gasteiger partial charge is 0.0705 e. The second kappa shape index (κ2) is 16.2. The quantitative estimate of drug-likeness (QED) is 0.326. The molecule has 2 aromatic carbocycles. The van der Waals surface area contributed by atoms with E-state index in [2.05, 4.69) is 59.4 Å². The molecule has 156 valence electrons. The molecule has 0 radical (unpaired) electrons. The Morgan fingerprint density at radius 2 is 1.21 bits per heavy atom. The highest BCUT2D eigenvalue weighted by Crippen LogP contribution is 2.12. The molecule has 0 unspecified atom stereocenters. The van der Waals surface area contributed by atoms with Gasteiger partial charge >= 0.3 is 0 Å². The van der Waals surface area contributed by atoms with Gasteiger partial charge in [-0.25, -0.2) is 0 Å². The van der Waals surface area contributed by atoms with Crippen LogP contribution in [0.1, 0.15) is 59.9 Å². The summed E-state index contributed by atoms with van der Waals surface area (Å²) in [5.74, 6) is 0. The third-order valence-electron chi connectivity index (χ3n) is 3.79. The van der Waals surface area contributed by atoms with Crippen molar-refractivity contribution in [2.45, 2.75) is 61.8 Å². The predicted molar refractivity (Wildman–Crippen MR) is 132 cm³/mol. The van der Waals surface area contributed by atoms with Gasteiger partial charge in [-0.05, 0) is 36.9 Å². The van der Waals surface area contributed by atoms with Gasteiger partial charge in [-0.1, -0.05) is 97.0 Å². The molecule has 2 heterocycles. The molecule has 29 heavy (non-hydrogen) atoms. The molecular weight excluding hydrogens is 352 g/mol. The number of fused-ring (bicyclic) bond motifs is 2. The van der Waals surface area contributed by atoms with Crippen molar-refractivity contribution in [3.63, 3.8) is 0 Å². The van der Waals surface area contributed by atoms with E-state index in [1.54, 1.807) is 0 Å². The third kappa shape index (κ3) is 8.87. The Labute approximate surface area is 178 Å². The van der Waals surface area contributed by atoms with E-state index in [1.165, 1.54) is 16.2 Å². The minimum absolute atomic E-state index is 1.00. The summed E-state index contributed by atoms with van der Waals surface area (Å²) in [6, 6.07) is 22.7. The molecule has 0 fully saturated rings. The number of para-hydroxylation sites is 1. The second-order valence-corrected chi connectivity index (χ2v) is 5.52. The van der Waals surface area contributed by atoms with Crippen molar-refractivity contribution < 1.29 is 0 Å². The fourth-order valence-corrected chi connectivity index (χ4v) is 2.50. The molecule has 4 rings (SSSR count). The molecule has 4 aromatic rings. The predicted octanol–water partition coefficient (Wildman–Crippen LogP) is 8.42. The van der Waals surface area contributed by atoms with E-state index in [9.17, 15) is 0 Å². The maximum absolute atomic E-state index is 4.49. The Morgan fingerprint density at radius 1 is 0.655 bits per heavy atom. The minimum Gasteiger partial charge on any atom is -0.261 e. The highest BCUT2D eigenvalue weighted by atomic mass is 14.7. The topological polar surface area (TPSA) is 25.8 Å². The normalized spacial score (nSPS) is 8.83. The van der Waals surface area contributed by atoms with E-state index < -0.39 is 0 Å². The monoisotopic (exact) mass is 390 g/mol. The summed E-state index contributed by atoms with van der Waals surface area (Å²) in [6.45, 7) is 16.1. The highest BCUT2D eigenvalue weighted by Gasteiger charge is 1.94. The van der Waals surface area contributed by atoms with E-state index in [1.807, 2.05) is 78.9 Å². The second-order valence-electron chi connectivity index (χ2n) is 5.52. The summed E-state index contributed by atoms with van der Waals surface area (Å²) in [5, 5.41) is 3.69. The summed E-state index contributed by atoms with van der Waals surface area (Å²) in [4.78, 5) is 8.70. The average molecular weight is 391 g/mol. The van der Waals surface area contributed by atoms with Crippen molar-refractivity contribution in [3.8, 4) is 0 Å². The van der Waals surface area contributed by atoms with Crippen molar-refractivity contribution in [1.29, 1.82) is 0 Å². The Kier molecular flexibility index (Phi) is 14.7. The molecule has 0 bridgehead atoms. The first-order valence-electron chi connectivity index (χ1n) is 10.9. The van der Waals surface area contributed by atoms with E-state index in [-0.39, 0.29) is 0 Å². The highest BCUT2D eigenvalue weighted by molar-refractivity contribution is 5.81. The number of nitrogens with zero attached hydrogens (tertiary/aromatic N) is 2. The lowest BCUT2D eigenvalue weighted by atomic mass is 10.1. The first-order chi connectivity index (χ1) is 14.3. The lowest BCUT2D eigenvalue weighted by Gasteiger charge is -1.98. The molecule has 0 saturated heterocycles. The van der Waals surface area contributed by atoms with Crippen LogP contribution in [-0.2, 0) is 6.42 Å². The van der Waals surface area contributed by atoms with E-state index in [4.69, 9.17) is 0 Å². The Morgan fingerprint density at radius 3 is 1.83 bits per heavy atom. The van der Waals surface area contributed by atoms with Crippen LogP contribution in [0.25, 0.3) is 21.7 Å². The molecule has 0 aliphatic rings. The van der Waals surface area contributed by atoms with Crippen molar-refractivity contribution in [2.75, 3.05) is 0 Å². The molecule has 2 nitrogen and oxygen atoms in total. The molecule has 0 atom stereocenters. The van der Waals surface area contributed by atoms with Gasteiger partial charge in [0.25, 0.3) is 0 Å². The molecule has 2 aromatic heterocycles. The summed E-state index contributed by atoms with van der Waals surface area (Å²) < 4.78 is 0. The van der Waals surface area contributed by atoms with Gasteiger partial charge < -0.3 is 0 Å². The van der Waals surface area contributed by atoms with Gasteiger partial charge in [0.1, 0.15) is 0 Å². The first-order valence-corrected chi connectivity index (χ1v) is 10.9. The van der Waals surface area contributed by atoms with Gasteiger partial charge in [0.2, 0.25) is 0 Å². The maximum Gasteiger partial charge on any atom is 0.0705 e. The SMILES string of the molecule is CC.CC.CC.CCc1ccc2ccccc2n1.Cc1cc2ccccc2cn1. The van der Waals surface area contributed by atoms with Gasteiger partial charge in [0.05, 0.1) is 5.52 Å².